The summed E-state index contributed by atoms with van der Waals surface area (Å²) in [6.07, 6.45) is 0.756. The monoisotopic (exact) mass is 214 g/mol. The third-order valence-corrected chi connectivity index (χ3v) is 3.03. The first kappa shape index (κ1) is 12.0. The number of carbonyl (C=O) groups is 2. The smallest absolute Gasteiger partial charge is 0.307 e. The van der Waals surface area contributed by atoms with Gasteiger partial charge in [-0.25, -0.2) is 0 Å². The Morgan fingerprint density at radius 3 is 2.60 bits per heavy atom. The van der Waals surface area contributed by atoms with Crippen molar-refractivity contribution in [3.8, 4) is 0 Å². The second-order valence-electron chi connectivity index (χ2n) is 4.18. The number of carboxylic acid groups (broad SMARTS) is 1. The third-order valence-electron chi connectivity index (χ3n) is 3.03. The van der Waals surface area contributed by atoms with E-state index in [-0.39, 0.29) is 18.0 Å². The van der Waals surface area contributed by atoms with Crippen LogP contribution in [0, 0.1) is 5.92 Å². The van der Waals surface area contributed by atoms with Gasteiger partial charge < -0.3 is 15.3 Å². The first-order chi connectivity index (χ1) is 6.93. The predicted octanol–water partition coefficient (Wildman–Crippen LogP) is -0.0841. The van der Waals surface area contributed by atoms with Gasteiger partial charge in [-0.3, -0.25) is 9.59 Å². The van der Waals surface area contributed by atoms with Crippen molar-refractivity contribution < 1.29 is 14.7 Å². The summed E-state index contributed by atoms with van der Waals surface area (Å²) in [6.45, 7) is 4.18. The number of hydrogen-bond donors (Lipinski definition) is 2. The summed E-state index contributed by atoms with van der Waals surface area (Å²) in [5.74, 6) is -1.27. The van der Waals surface area contributed by atoms with E-state index in [1.165, 1.54) is 0 Å². The van der Waals surface area contributed by atoms with Crippen LogP contribution in [0.5, 0.6) is 0 Å². The number of nitrogens with one attached hydrogen (secondary N) is 1. The molecule has 1 aliphatic heterocycles. The molecule has 1 aliphatic rings. The molecular formula is C10H18N2O3. The summed E-state index contributed by atoms with van der Waals surface area (Å²) in [7, 11) is 1.76. The standard InChI is InChI=1S/C10H18N2O3/c1-6(10(14)15)7(2)11-8-4-5-12(3)9(8)13/h6-8,11H,4-5H2,1-3H3,(H,14,15). The molecule has 5 nitrogen and oxygen atoms in total. The van der Waals surface area contributed by atoms with Gasteiger partial charge in [0.1, 0.15) is 0 Å². The van der Waals surface area contributed by atoms with Crippen molar-refractivity contribution in [3.05, 3.63) is 0 Å². The molecule has 0 aromatic carbocycles. The average Bonchev–Trinajstić information content (AvgIpc) is 2.48. The van der Waals surface area contributed by atoms with Gasteiger partial charge in [0.25, 0.3) is 0 Å². The Labute approximate surface area is 89.4 Å². The summed E-state index contributed by atoms with van der Waals surface area (Å²) >= 11 is 0. The van der Waals surface area contributed by atoms with E-state index < -0.39 is 11.9 Å². The number of likely N-dealkylation sites (N-methyl/N-ethyl adjacent to an activating group) is 1. The largest absolute Gasteiger partial charge is 0.481 e. The molecule has 3 atom stereocenters. The third kappa shape index (κ3) is 2.68. The van der Waals surface area contributed by atoms with Gasteiger partial charge in [0.2, 0.25) is 5.91 Å². The quantitative estimate of drug-likeness (QED) is 0.686. The molecule has 1 saturated heterocycles. The molecule has 1 heterocycles. The first-order valence-electron chi connectivity index (χ1n) is 5.17. The molecule has 0 aromatic heterocycles. The van der Waals surface area contributed by atoms with Gasteiger partial charge in [-0.2, -0.15) is 0 Å². The number of nitrogens with zero attached hydrogens (tertiary/aromatic N) is 1. The SMILES string of the molecule is CC(NC1CCN(C)C1=O)C(C)C(=O)O. The lowest BCUT2D eigenvalue weighted by Gasteiger charge is -2.21. The maximum atomic E-state index is 11.5. The molecule has 0 radical (unpaired) electrons. The highest BCUT2D eigenvalue weighted by Crippen LogP contribution is 2.12. The molecule has 5 heteroatoms. The van der Waals surface area contributed by atoms with E-state index in [1.54, 1.807) is 25.8 Å². The summed E-state index contributed by atoms with van der Waals surface area (Å²) < 4.78 is 0. The van der Waals surface area contributed by atoms with Crippen LogP contribution in [-0.2, 0) is 9.59 Å². The lowest BCUT2D eigenvalue weighted by Crippen LogP contribution is -2.46. The van der Waals surface area contributed by atoms with E-state index in [0.717, 1.165) is 13.0 Å². The van der Waals surface area contributed by atoms with Gasteiger partial charge in [0.05, 0.1) is 12.0 Å². The van der Waals surface area contributed by atoms with Crippen LogP contribution in [0.1, 0.15) is 20.3 Å². The summed E-state index contributed by atoms with van der Waals surface area (Å²) in [4.78, 5) is 23.9. The highest BCUT2D eigenvalue weighted by molar-refractivity contribution is 5.83. The van der Waals surface area contributed by atoms with Gasteiger partial charge in [-0.05, 0) is 13.3 Å². The van der Waals surface area contributed by atoms with Crippen molar-refractivity contribution in [2.45, 2.75) is 32.4 Å². The fourth-order valence-corrected chi connectivity index (χ4v) is 1.65. The fourth-order valence-electron chi connectivity index (χ4n) is 1.65. The van der Waals surface area contributed by atoms with E-state index in [4.69, 9.17) is 5.11 Å². The first-order valence-corrected chi connectivity index (χ1v) is 5.17. The van der Waals surface area contributed by atoms with E-state index >= 15 is 0 Å². The number of amides is 1. The van der Waals surface area contributed by atoms with Crippen LogP contribution < -0.4 is 5.32 Å². The normalized spacial score (nSPS) is 25.4. The van der Waals surface area contributed by atoms with Crippen molar-refractivity contribution in [2.75, 3.05) is 13.6 Å². The molecule has 2 N–H and O–H groups in total. The summed E-state index contributed by atoms with van der Waals surface area (Å²) in [5, 5.41) is 11.9. The van der Waals surface area contributed by atoms with Crippen LogP contribution in [0.4, 0.5) is 0 Å². The lowest BCUT2D eigenvalue weighted by atomic mass is 10.0. The number of carbonyl (C=O) groups excluding carboxylic acids is 1. The minimum atomic E-state index is -0.839. The maximum absolute atomic E-state index is 11.5. The Bertz CT molecular complexity index is 267. The van der Waals surface area contributed by atoms with E-state index in [9.17, 15) is 9.59 Å². The van der Waals surface area contributed by atoms with Crippen molar-refractivity contribution >= 4 is 11.9 Å². The molecule has 1 amide bonds. The molecule has 86 valence electrons. The van der Waals surface area contributed by atoms with Crippen LogP contribution in [-0.4, -0.2) is 47.6 Å². The van der Waals surface area contributed by atoms with Crippen LogP contribution in [0.15, 0.2) is 0 Å². The Kier molecular flexibility index (Phi) is 3.68. The zero-order chi connectivity index (χ0) is 11.6. The number of aliphatic carboxylic acids is 1. The van der Waals surface area contributed by atoms with Gasteiger partial charge in [-0.15, -0.1) is 0 Å². The summed E-state index contributed by atoms with van der Waals surface area (Å²) in [6, 6.07) is -0.408. The zero-order valence-electron chi connectivity index (χ0n) is 9.36. The van der Waals surface area contributed by atoms with Crippen molar-refractivity contribution in [3.63, 3.8) is 0 Å². The Morgan fingerprint density at radius 1 is 1.60 bits per heavy atom. The van der Waals surface area contributed by atoms with Gasteiger partial charge in [-0.1, -0.05) is 6.92 Å². The number of rotatable bonds is 4. The number of carboxylic acids is 1. The van der Waals surface area contributed by atoms with Crippen molar-refractivity contribution in [1.82, 2.24) is 10.2 Å². The highest BCUT2D eigenvalue weighted by Gasteiger charge is 2.31. The van der Waals surface area contributed by atoms with Crippen LogP contribution in [0.2, 0.25) is 0 Å². The highest BCUT2D eigenvalue weighted by atomic mass is 16.4. The Balaban J connectivity index is 2.48. The molecule has 1 fully saturated rings. The minimum absolute atomic E-state index is 0.0550. The van der Waals surface area contributed by atoms with E-state index in [2.05, 4.69) is 5.32 Å². The topological polar surface area (TPSA) is 69.6 Å². The molecular weight excluding hydrogens is 196 g/mol. The molecule has 0 spiro atoms. The lowest BCUT2D eigenvalue weighted by molar-refractivity contribution is -0.142. The number of hydrogen-bond acceptors (Lipinski definition) is 3. The molecule has 0 bridgehead atoms. The van der Waals surface area contributed by atoms with E-state index in [0.29, 0.717) is 0 Å². The van der Waals surface area contributed by atoms with E-state index in [1.807, 2.05) is 0 Å². The molecule has 3 unspecified atom stereocenters. The van der Waals surface area contributed by atoms with Crippen LogP contribution >= 0.6 is 0 Å². The maximum Gasteiger partial charge on any atom is 0.307 e. The van der Waals surface area contributed by atoms with Crippen molar-refractivity contribution in [1.29, 1.82) is 0 Å². The predicted molar refractivity (Wildman–Crippen MR) is 55.4 cm³/mol. The van der Waals surface area contributed by atoms with Crippen LogP contribution in [0.25, 0.3) is 0 Å². The second kappa shape index (κ2) is 4.61. The molecule has 0 aliphatic carbocycles. The molecule has 0 saturated carbocycles. The molecule has 0 aromatic rings. The zero-order valence-corrected chi connectivity index (χ0v) is 9.36. The van der Waals surface area contributed by atoms with Gasteiger partial charge in [0, 0.05) is 19.6 Å². The van der Waals surface area contributed by atoms with Crippen LogP contribution in [0.3, 0.4) is 0 Å². The van der Waals surface area contributed by atoms with Crippen molar-refractivity contribution in [2.24, 2.45) is 5.92 Å². The second-order valence-corrected chi connectivity index (χ2v) is 4.18. The fraction of sp³-hybridized carbons (Fsp3) is 0.800. The Hall–Kier alpha value is -1.10. The number of likely N-dealkylation sites (tertiary alicyclic amines) is 1. The minimum Gasteiger partial charge on any atom is -0.481 e. The molecule has 15 heavy (non-hydrogen) atoms. The van der Waals surface area contributed by atoms with Gasteiger partial charge in [0.15, 0.2) is 0 Å². The van der Waals surface area contributed by atoms with Gasteiger partial charge >= 0.3 is 5.97 Å². The Morgan fingerprint density at radius 2 is 2.20 bits per heavy atom. The average molecular weight is 214 g/mol. The molecule has 1 rings (SSSR count). The summed E-state index contributed by atoms with van der Waals surface area (Å²) in [5.41, 5.74) is 0.